The van der Waals surface area contributed by atoms with E-state index in [1.165, 1.54) is 11.6 Å². The number of nitrogens with one attached hydrogen (secondary N) is 1. The van der Waals surface area contributed by atoms with Crippen LogP contribution in [-0.2, 0) is 19.4 Å². The van der Waals surface area contributed by atoms with Gasteiger partial charge in [0.25, 0.3) is 5.91 Å². The van der Waals surface area contributed by atoms with Crippen molar-refractivity contribution in [2.75, 3.05) is 18.4 Å². The van der Waals surface area contributed by atoms with Gasteiger partial charge in [-0.1, -0.05) is 41.9 Å². The molecule has 2 heterocycles. The summed E-state index contributed by atoms with van der Waals surface area (Å²) in [6, 6.07) is 18.9. The zero-order valence-electron chi connectivity index (χ0n) is 18.3. The molecule has 1 aliphatic rings. The largest absolute Gasteiger partial charge is 0.322 e. The molecule has 0 bridgehead atoms. The maximum Gasteiger partial charge on any atom is 0.256 e. The molecule has 34 heavy (non-hydrogen) atoms. The lowest BCUT2D eigenvalue weighted by molar-refractivity contribution is 0.102. The van der Waals surface area contributed by atoms with Gasteiger partial charge in [-0.3, -0.25) is 14.7 Å². The molecule has 3 aromatic carbocycles. The fourth-order valence-electron chi connectivity index (χ4n) is 4.42. The second-order valence-electron chi connectivity index (χ2n) is 8.42. The second kappa shape index (κ2) is 9.49. The highest BCUT2D eigenvalue weighted by atomic mass is 35.5. The van der Waals surface area contributed by atoms with Crippen LogP contribution >= 0.6 is 11.6 Å². The van der Waals surface area contributed by atoms with Gasteiger partial charge in [-0.2, -0.15) is 0 Å². The number of anilines is 1. The summed E-state index contributed by atoms with van der Waals surface area (Å²) in [4.78, 5) is 20.6. The summed E-state index contributed by atoms with van der Waals surface area (Å²) in [6.45, 7) is 2.26. The highest BCUT2D eigenvalue weighted by molar-refractivity contribution is 6.31. The Labute approximate surface area is 201 Å². The van der Waals surface area contributed by atoms with E-state index in [1.54, 1.807) is 18.2 Å². The van der Waals surface area contributed by atoms with Crippen LogP contribution in [0.25, 0.3) is 10.9 Å². The summed E-state index contributed by atoms with van der Waals surface area (Å²) in [5.41, 5.74) is 4.30. The van der Waals surface area contributed by atoms with Crippen LogP contribution in [0.3, 0.4) is 0 Å². The van der Waals surface area contributed by atoms with Crippen molar-refractivity contribution in [1.29, 1.82) is 0 Å². The molecule has 0 saturated heterocycles. The van der Waals surface area contributed by atoms with Gasteiger partial charge in [0.05, 0.1) is 11.1 Å². The standard InChI is InChI=1S/C27H22ClF2N3O/c28-18-6-9-24-20(14-18)26(27(34)31-19-7-8-22(29)23(30)15-19)21-16-33(13-11-25(21)32-24)12-10-17-4-2-1-3-5-17/h1-9,14-15H,10-13,16H2,(H,31,34). The van der Waals surface area contributed by atoms with Gasteiger partial charge in [0, 0.05) is 59.5 Å². The summed E-state index contributed by atoms with van der Waals surface area (Å²) in [7, 11) is 0. The molecule has 0 aliphatic carbocycles. The molecule has 0 unspecified atom stereocenters. The van der Waals surface area contributed by atoms with E-state index in [-0.39, 0.29) is 5.69 Å². The number of fused-ring (bicyclic) bond motifs is 2. The van der Waals surface area contributed by atoms with Crippen LogP contribution in [0.15, 0.2) is 66.7 Å². The lowest BCUT2D eigenvalue weighted by atomic mass is 9.94. The van der Waals surface area contributed by atoms with Crippen molar-refractivity contribution in [3.8, 4) is 0 Å². The smallest absolute Gasteiger partial charge is 0.256 e. The van der Waals surface area contributed by atoms with E-state index in [0.717, 1.165) is 42.9 Å². The molecule has 0 saturated carbocycles. The Hall–Kier alpha value is -3.35. The Morgan fingerprint density at radius 1 is 1.03 bits per heavy atom. The van der Waals surface area contributed by atoms with E-state index in [2.05, 4.69) is 22.3 Å². The van der Waals surface area contributed by atoms with Gasteiger partial charge < -0.3 is 5.32 Å². The zero-order chi connectivity index (χ0) is 23.7. The Balaban J connectivity index is 1.50. The van der Waals surface area contributed by atoms with Crippen molar-refractivity contribution >= 4 is 34.1 Å². The normalized spacial score (nSPS) is 13.6. The first-order valence-corrected chi connectivity index (χ1v) is 11.5. The highest BCUT2D eigenvalue weighted by Gasteiger charge is 2.26. The van der Waals surface area contributed by atoms with Crippen molar-refractivity contribution in [3.05, 3.63) is 106 Å². The van der Waals surface area contributed by atoms with E-state index >= 15 is 0 Å². The van der Waals surface area contributed by atoms with Crippen molar-refractivity contribution in [2.24, 2.45) is 0 Å². The van der Waals surface area contributed by atoms with Gasteiger partial charge in [0.1, 0.15) is 0 Å². The number of aromatic nitrogens is 1. The lowest BCUT2D eigenvalue weighted by Crippen LogP contribution is -2.34. The molecule has 1 aliphatic heterocycles. The third-order valence-electron chi connectivity index (χ3n) is 6.14. The predicted octanol–water partition coefficient (Wildman–Crippen LogP) is 6.02. The number of carbonyl (C=O) groups is 1. The fraction of sp³-hybridized carbons (Fsp3) is 0.185. The van der Waals surface area contributed by atoms with Gasteiger partial charge in [-0.05, 0) is 42.3 Å². The molecular formula is C27H22ClF2N3O. The average Bonchev–Trinajstić information content (AvgIpc) is 2.84. The summed E-state index contributed by atoms with van der Waals surface area (Å²) in [5.74, 6) is -2.39. The Kier molecular flexibility index (Phi) is 6.26. The molecule has 1 amide bonds. The third kappa shape index (κ3) is 4.65. The molecule has 172 valence electrons. The number of carbonyl (C=O) groups excluding carboxylic acids is 1. The first-order valence-electron chi connectivity index (χ1n) is 11.1. The molecule has 0 radical (unpaired) electrons. The molecule has 0 fully saturated rings. The molecule has 4 nitrogen and oxygen atoms in total. The summed E-state index contributed by atoms with van der Waals surface area (Å²) in [5, 5.41) is 3.85. The number of hydrogen-bond acceptors (Lipinski definition) is 3. The topological polar surface area (TPSA) is 45.2 Å². The number of benzene rings is 3. The molecule has 1 aromatic heterocycles. The first-order chi connectivity index (χ1) is 16.5. The van der Waals surface area contributed by atoms with Crippen molar-refractivity contribution in [3.63, 3.8) is 0 Å². The molecule has 0 atom stereocenters. The summed E-state index contributed by atoms with van der Waals surface area (Å²) >= 11 is 6.26. The van der Waals surface area contributed by atoms with Crippen LogP contribution in [0.5, 0.6) is 0 Å². The predicted molar refractivity (Wildman–Crippen MR) is 130 cm³/mol. The maximum atomic E-state index is 13.7. The molecule has 4 aromatic rings. The molecule has 1 N–H and O–H groups in total. The number of pyridine rings is 1. The van der Waals surface area contributed by atoms with Crippen LogP contribution in [0, 0.1) is 11.6 Å². The monoisotopic (exact) mass is 477 g/mol. The van der Waals surface area contributed by atoms with Gasteiger partial charge in [-0.25, -0.2) is 8.78 Å². The second-order valence-corrected chi connectivity index (χ2v) is 8.85. The van der Waals surface area contributed by atoms with Crippen LogP contribution in [0.2, 0.25) is 5.02 Å². The van der Waals surface area contributed by atoms with Gasteiger partial charge >= 0.3 is 0 Å². The average molecular weight is 478 g/mol. The molecular weight excluding hydrogens is 456 g/mol. The molecule has 0 spiro atoms. The first kappa shape index (κ1) is 22.4. The van der Waals surface area contributed by atoms with Crippen LogP contribution in [-0.4, -0.2) is 28.9 Å². The van der Waals surface area contributed by atoms with Crippen LogP contribution in [0.1, 0.15) is 27.2 Å². The minimum atomic E-state index is -1.02. The zero-order valence-corrected chi connectivity index (χ0v) is 19.1. The van der Waals surface area contributed by atoms with Crippen LogP contribution in [0.4, 0.5) is 14.5 Å². The Bertz CT molecular complexity index is 1380. The van der Waals surface area contributed by atoms with Crippen molar-refractivity contribution in [1.82, 2.24) is 9.88 Å². The Morgan fingerprint density at radius 3 is 2.65 bits per heavy atom. The summed E-state index contributed by atoms with van der Waals surface area (Å²) in [6.07, 6.45) is 1.62. The number of nitrogens with zero attached hydrogens (tertiary/aromatic N) is 2. The van der Waals surface area contributed by atoms with Crippen LogP contribution < -0.4 is 5.32 Å². The number of hydrogen-bond donors (Lipinski definition) is 1. The van der Waals surface area contributed by atoms with Crippen molar-refractivity contribution < 1.29 is 13.6 Å². The minimum absolute atomic E-state index is 0.182. The molecule has 7 heteroatoms. The van der Waals surface area contributed by atoms with E-state index in [4.69, 9.17) is 16.6 Å². The van der Waals surface area contributed by atoms with E-state index in [9.17, 15) is 13.6 Å². The van der Waals surface area contributed by atoms with E-state index < -0.39 is 17.5 Å². The van der Waals surface area contributed by atoms with Crippen molar-refractivity contribution in [2.45, 2.75) is 19.4 Å². The Morgan fingerprint density at radius 2 is 1.85 bits per heavy atom. The summed E-state index contributed by atoms with van der Waals surface area (Å²) < 4.78 is 27.1. The highest BCUT2D eigenvalue weighted by Crippen LogP contribution is 2.31. The van der Waals surface area contributed by atoms with Gasteiger partial charge in [0.2, 0.25) is 0 Å². The minimum Gasteiger partial charge on any atom is -0.322 e. The number of halogens is 3. The molecule has 5 rings (SSSR count). The van der Waals surface area contributed by atoms with Gasteiger partial charge in [-0.15, -0.1) is 0 Å². The van der Waals surface area contributed by atoms with E-state index in [0.29, 0.717) is 34.5 Å². The quantitative estimate of drug-likeness (QED) is 0.382. The third-order valence-corrected chi connectivity index (χ3v) is 6.38. The lowest BCUT2D eigenvalue weighted by Gasteiger charge is -2.30. The SMILES string of the molecule is O=C(Nc1ccc(F)c(F)c1)c1c2c(nc3ccc(Cl)cc13)CCN(CCc1ccccc1)C2. The fourth-order valence-corrected chi connectivity index (χ4v) is 4.59. The maximum absolute atomic E-state index is 13.7. The number of rotatable bonds is 5. The van der Waals surface area contributed by atoms with E-state index in [1.807, 2.05) is 18.2 Å². The van der Waals surface area contributed by atoms with Gasteiger partial charge in [0.15, 0.2) is 11.6 Å². The number of amides is 1.